The minimum atomic E-state index is -0.329. The Labute approximate surface area is 225 Å². The van der Waals surface area contributed by atoms with Crippen LogP contribution >= 0.6 is 0 Å². The van der Waals surface area contributed by atoms with Crippen molar-refractivity contribution in [1.29, 1.82) is 0 Å². The van der Waals surface area contributed by atoms with Gasteiger partial charge in [-0.3, -0.25) is 18.8 Å². The van der Waals surface area contributed by atoms with Gasteiger partial charge in [-0.15, -0.1) is 0 Å². The summed E-state index contributed by atoms with van der Waals surface area (Å²) in [7, 11) is 0. The molecular formula is C30H40N8. The number of anilines is 2. The van der Waals surface area contributed by atoms with Gasteiger partial charge in [0.2, 0.25) is 5.78 Å². The first kappa shape index (κ1) is 25.8. The number of fused-ring (bicyclic) bond motifs is 2. The molecule has 38 heavy (non-hydrogen) atoms. The minimum Gasteiger partial charge on any atom is -0.360 e. The predicted octanol–water partition coefficient (Wildman–Crippen LogP) is 6.92. The van der Waals surface area contributed by atoms with Crippen molar-refractivity contribution in [3.05, 3.63) is 66.9 Å². The SMILES string of the molecule is Cc1nc2ccccn2c1N(N(c1c(-c2ccc[nH]2)nc2ncccn12)C(C)(C)CC(C)(C)C)C(C)(C)C. The van der Waals surface area contributed by atoms with Crippen molar-refractivity contribution in [2.45, 2.75) is 79.8 Å². The number of H-pyrrole nitrogens is 1. The van der Waals surface area contributed by atoms with Gasteiger partial charge in [-0.2, -0.15) is 0 Å². The maximum Gasteiger partial charge on any atom is 0.236 e. The van der Waals surface area contributed by atoms with Gasteiger partial charge in [0.1, 0.15) is 11.3 Å². The molecule has 0 aromatic carbocycles. The van der Waals surface area contributed by atoms with Crippen molar-refractivity contribution in [3.63, 3.8) is 0 Å². The molecule has 8 heteroatoms. The van der Waals surface area contributed by atoms with Crippen molar-refractivity contribution in [2.75, 3.05) is 10.0 Å². The van der Waals surface area contributed by atoms with Gasteiger partial charge in [0.25, 0.3) is 0 Å². The Bertz CT molecular complexity index is 1560. The molecule has 5 heterocycles. The van der Waals surface area contributed by atoms with Gasteiger partial charge in [0.05, 0.1) is 22.5 Å². The van der Waals surface area contributed by atoms with Crippen LogP contribution in [0.2, 0.25) is 0 Å². The molecule has 200 valence electrons. The number of aromatic nitrogens is 6. The third-order valence-electron chi connectivity index (χ3n) is 6.68. The lowest BCUT2D eigenvalue weighted by molar-refractivity contribution is 0.254. The molecule has 0 unspecified atom stereocenters. The zero-order valence-corrected chi connectivity index (χ0v) is 24.1. The summed E-state index contributed by atoms with van der Waals surface area (Å²) in [4.78, 5) is 18.0. The van der Waals surface area contributed by atoms with Crippen LogP contribution in [0.1, 0.15) is 67.5 Å². The van der Waals surface area contributed by atoms with Crippen molar-refractivity contribution in [2.24, 2.45) is 5.41 Å². The van der Waals surface area contributed by atoms with Gasteiger partial charge >= 0.3 is 0 Å². The van der Waals surface area contributed by atoms with Crippen LogP contribution in [0.5, 0.6) is 0 Å². The first-order valence-corrected chi connectivity index (χ1v) is 13.3. The van der Waals surface area contributed by atoms with Crippen molar-refractivity contribution in [3.8, 4) is 11.4 Å². The highest BCUT2D eigenvalue weighted by molar-refractivity contribution is 5.77. The molecule has 5 rings (SSSR count). The molecular weight excluding hydrogens is 472 g/mol. The van der Waals surface area contributed by atoms with Crippen LogP contribution in [-0.4, -0.2) is 39.8 Å². The lowest BCUT2D eigenvalue weighted by Crippen LogP contribution is -2.63. The maximum absolute atomic E-state index is 5.05. The highest BCUT2D eigenvalue weighted by Crippen LogP contribution is 2.44. The zero-order valence-electron chi connectivity index (χ0n) is 24.1. The fourth-order valence-corrected chi connectivity index (χ4v) is 5.83. The summed E-state index contributed by atoms with van der Waals surface area (Å²) in [5.74, 6) is 2.66. The third-order valence-corrected chi connectivity index (χ3v) is 6.68. The number of nitrogens with zero attached hydrogens (tertiary/aromatic N) is 7. The van der Waals surface area contributed by atoms with E-state index in [0.717, 1.165) is 40.8 Å². The Hall–Kier alpha value is -3.81. The van der Waals surface area contributed by atoms with E-state index in [4.69, 9.17) is 9.97 Å². The highest BCUT2D eigenvalue weighted by atomic mass is 15.7. The summed E-state index contributed by atoms with van der Waals surface area (Å²) in [5, 5.41) is 4.86. The van der Waals surface area contributed by atoms with Gasteiger partial charge < -0.3 is 4.98 Å². The molecule has 0 spiro atoms. The van der Waals surface area contributed by atoms with E-state index in [9.17, 15) is 0 Å². The Balaban J connectivity index is 1.90. The first-order valence-electron chi connectivity index (χ1n) is 13.3. The molecule has 0 fully saturated rings. The number of hydrogen-bond donors (Lipinski definition) is 1. The molecule has 0 aliphatic heterocycles. The molecule has 0 bridgehead atoms. The van der Waals surface area contributed by atoms with Crippen LogP contribution in [0, 0.1) is 12.3 Å². The number of aryl methyl sites for hydroxylation is 1. The van der Waals surface area contributed by atoms with Gasteiger partial charge in [0, 0.05) is 24.8 Å². The van der Waals surface area contributed by atoms with Crippen molar-refractivity contribution < 1.29 is 0 Å². The molecule has 0 amide bonds. The molecule has 0 saturated carbocycles. The second-order valence-electron chi connectivity index (χ2n) is 13.0. The predicted molar refractivity (Wildman–Crippen MR) is 156 cm³/mol. The van der Waals surface area contributed by atoms with Crippen LogP contribution in [0.15, 0.2) is 61.2 Å². The van der Waals surface area contributed by atoms with Crippen LogP contribution in [-0.2, 0) is 0 Å². The molecule has 5 aromatic rings. The Kier molecular flexibility index (Phi) is 6.04. The van der Waals surface area contributed by atoms with Gasteiger partial charge in [-0.25, -0.2) is 15.0 Å². The van der Waals surface area contributed by atoms with Gasteiger partial charge in [-0.05, 0) is 83.7 Å². The molecule has 0 atom stereocenters. The average Bonchev–Trinajstić information content (AvgIpc) is 3.52. The summed E-state index contributed by atoms with van der Waals surface area (Å²) in [6.07, 6.45) is 8.82. The monoisotopic (exact) mass is 512 g/mol. The average molecular weight is 513 g/mol. The second-order valence-corrected chi connectivity index (χ2v) is 13.0. The van der Waals surface area contributed by atoms with E-state index < -0.39 is 0 Å². The lowest BCUT2D eigenvalue weighted by Gasteiger charge is -2.54. The van der Waals surface area contributed by atoms with E-state index >= 15 is 0 Å². The quantitative estimate of drug-likeness (QED) is 0.250. The van der Waals surface area contributed by atoms with E-state index in [-0.39, 0.29) is 16.5 Å². The summed E-state index contributed by atoms with van der Waals surface area (Å²) in [6, 6.07) is 12.2. The fourth-order valence-electron chi connectivity index (χ4n) is 5.83. The lowest BCUT2D eigenvalue weighted by atomic mass is 9.81. The minimum absolute atomic E-state index is 0.0746. The Morgan fingerprint density at radius 2 is 1.55 bits per heavy atom. The van der Waals surface area contributed by atoms with Crippen molar-refractivity contribution in [1.82, 2.24) is 28.7 Å². The van der Waals surface area contributed by atoms with Crippen LogP contribution < -0.4 is 10.0 Å². The molecule has 0 aliphatic rings. The number of rotatable bonds is 6. The molecule has 0 saturated heterocycles. The number of pyridine rings is 1. The topological polar surface area (TPSA) is 69.8 Å². The number of nitrogens with one attached hydrogen (secondary N) is 1. The molecule has 0 radical (unpaired) electrons. The Morgan fingerprint density at radius 1 is 0.816 bits per heavy atom. The molecule has 5 aromatic heterocycles. The molecule has 1 N–H and O–H groups in total. The summed E-state index contributed by atoms with van der Waals surface area (Å²) >= 11 is 0. The first-order chi connectivity index (χ1) is 17.8. The standard InChI is InChI=1S/C30H40N8/c1-21-25(35-18-11-10-15-23(35)33-21)37(29(5,6)7)38(30(8,9)20-28(2,3)4)26-24(22-14-12-16-31-22)34-27-32-17-13-19-36(26)27/h10-19,31H,20H2,1-9H3. The summed E-state index contributed by atoms with van der Waals surface area (Å²) in [6.45, 7) is 20.4. The van der Waals surface area contributed by atoms with E-state index in [1.54, 1.807) is 6.20 Å². The third kappa shape index (κ3) is 4.52. The highest BCUT2D eigenvalue weighted by Gasteiger charge is 2.44. The number of hydrogen-bond acceptors (Lipinski definition) is 5. The van der Waals surface area contributed by atoms with Crippen LogP contribution in [0.4, 0.5) is 11.6 Å². The van der Waals surface area contributed by atoms with E-state index in [0.29, 0.717) is 5.78 Å². The smallest absolute Gasteiger partial charge is 0.236 e. The van der Waals surface area contributed by atoms with E-state index in [1.807, 2.05) is 24.4 Å². The second kappa shape index (κ2) is 8.89. The van der Waals surface area contributed by atoms with Gasteiger partial charge in [0.15, 0.2) is 11.6 Å². The normalized spacial score (nSPS) is 13.0. The van der Waals surface area contributed by atoms with Crippen LogP contribution in [0.25, 0.3) is 22.8 Å². The zero-order chi connectivity index (χ0) is 27.5. The molecule has 8 nitrogen and oxygen atoms in total. The number of hydrazine groups is 1. The van der Waals surface area contributed by atoms with Crippen molar-refractivity contribution >= 4 is 23.1 Å². The maximum atomic E-state index is 5.05. The summed E-state index contributed by atoms with van der Waals surface area (Å²) < 4.78 is 4.30. The summed E-state index contributed by atoms with van der Waals surface area (Å²) in [5.41, 5.74) is 3.13. The fraction of sp³-hybridized carbons (Fsp3) is 0.433. The largest absolute Gasteiger partial charge is 0.360 e. The molecule has 0 aliphatic carbocycles. The Morgan fingerprint density at radius 3 is 2.21 bits per heavy atom. The number of imidazole rings is 2. The van der Waals surface area contributed by atoms with E-state index in [2.05, 4.69) is 122 Å². The van der Waals surface area contributed by atoms with Crippen LogP contribution in [0.3, 0.4) is 0 Å². The van der Waals surface area contributed by atoms with Gasteiger partial charge in [-0.1, -0.05) is 26.8 Å². The van der Waals surface area contributed by atoms with E-state index in [1.165, 1.54) is 0 Å². The number of aromatic amines is 1.